The number of rotatable bonds is 1. The molecule has 1 unspecified atom stereocenters. The van der Waals surface area contributed by atoms with Crippen molar-refractivity contribution in [3.8, 4) is 0 Å². The Morgan fingerprint density at radius 2 is 1.96 bits per heavy atom. The minimum absolute atomic E-state index is 0. The first-order chi connectivity index (χ1) is 10.6. The third kappa shape index (κ3) is 3.12. The average molecular weight is 610 g/mol. The second kappa shape index (κ2) is 7.51. The molecule has 1 aliphatic carbocycles. The zero-order valence-electron chi connectivity index (χ0n) is 13.3. The monoisotopic (exact) mass is 609 g/mol. The number of carbonyl (C=O) groups is 2. The van der Waals surface area contributed by atoms with Gasteiger partial charge >= 0.3 is 0 Å². The van der Waals surface area contributed by atoms with Gasteiger partial charge in [-0.1, -0.05) is 22.0 Å². The van der Waals surface area contributed by atoms with E-state index in [9.17, 15) is 9.59 Å². The summed E-state index contributed by atoms with van der Waals surface area (Å²) in [7, 11) is 0. The van der Waals surface area contributed by atoms with Crippen LogP contribution in [0.15, 0.2) is 41.0 Å². The molecule has 0 radical (unpaired) electrons. The molecule has 0 aliphatic heterocycles. The van der Waals surface area contributed by atoms with Crippen LogP contribution in [-0.2, 0) is 9.59 Å². The van der Waals surface area contributed by atoms with Crippen molar-refractivity contribution < 1.29 is 40.7 Å². The van der Waals surface area contributed by atoms with E-state index in [1.54, 1.807) is 6.20 Å². The number of Topliss-reactive ketones (excluding diaryl/α,β-unsaturated/α-hetero) is 2. The summed E-state index contributed by atoms with van der Waals surface area (Å²) in [5.74, 6) is 0.0248. The number of carbonyl (C=O) groups excluding carboxylic acids is 2. The standard InChI is InChI=1S/C17H13BrN2O2.CH3.U/c18-10-3-5-12-13-2-1-7-19-17(13)20(15(12)8-10)14-6-4-11(21)9-16(14)22;;/h1-3,5,7-8,14H,4,6,9H2;1H3;/q;-1;. The van der Waals surface area contributed by atoms with Crippen LogP contribution in [0.2, 0.25) is 0 Å². The number of benzene rings is 1. The molecule has 0 amide bonds. The van der Waals surface area contributed by atoms with Crippen LogP contribution in [0.1, 0.15) is 25.3 Å². The SMILES string of the molecule is O=C1CCC(n2c3cc(Br)ccc3c3cccnc32)C(=O)C1.[CH3-].[U]. The van der Waals surface area contributed by atoms with Gasteiger partial charge in [-0.25, -0.2) is 4.98 Å². The first-order valence-corrected chi connectivity index (χ1v) is 8.03. The van der Waals surface area contributed by atoms with Crippen LogP contribution in [0.5, 0.6) is 0 Å². The Morgan fingerprint density at radius 1 is 1.17 bits per heavy atom. The maximum absolute atomic E-state index is 12.4. The van der Waals surface area contributed by atoms with Crippen LogP contribution in [-0.4, -0.2) is 21.1 Å². The summed E-state index contributed by atoms with van der Waals surface area (Å²) >= 11 is 3.50. The summed E-state index contributed by atoms with van der Waals surface area (Å²) in [4.78, 5) is 28.4. The van der Waals surface area contributed by atoms with E-state index in [0.717, 1.165) is 26.4 Å². The molecule has 1 fully saturated rings. The van der Waals surface area contributed by atoms with Gasteiger partial charge in [-0.2, -0.15) is 0 Å². The zero-order chi connectivity index (χ0) is 15.3. The van der Waals surface area contributed by atoms with Crippen LogP contribution in [0.3, 0.4) is 0 Å². The van der Waals surface area contributed by atoms with Crippen LogP contribution in [0.4, 0.5) is 0 Å². The second-order valence-electron chi connectivity index (χ2n) is 5.64. The van der Waals surface area contributed by atoms with Gasteiger partial charge in [0.05, 0.1) is 18.0 Å². The number of hydrogen-bond donors (Lipinski definition) is 0. The molecule has 6 heteroatoms. The summed E-state index contributed by atoms with van der Waals surface area (Å²) in [5.41, 5.74) is 1.79. The fourth-order valence-corrected chi connectivity index (χ4v) is 3.64. The molecule has 1 atom stereocenters. The van der Waals surface area contributed by atoms with Gasteiger partial charge in [-0.05, 0) is 30.7 Å². The van der Waals surface area contributed by atoms with E-state index in [4.69, 9.17) is 0 Å². The molecule has 0 N–H and O–H groups in total. The van der Waals surface area contributed by atoms with E-state index in [1.165, 1.54) is 0 Å². The summed E-state index contributed by atoms with van der Waals surface area (Å²) in [6, 6.07) is 9.67. The molecule has 2 aromatic heterocycles. The summed E-state index contributed by atoms with van der Waals surface area (Å²) in [6.07, 6.45) is 2.79. The number of ketones is 2. The van der Waals surface area contributed by atoms with E-state index in [-0.39, 0.29) is 62.6 Å². The van der Waals surface area contributed by atoms with E-state index in [2.05, 4.69) is 20.9 Å². The number of nitrogens with zero attached hydrogens (tertiary/aromatic N) is 2. The van der Waals surface area contributed by atoms with Crippen molar-refractivity contribution in [2.75, 3.05) is 0 Å². The minimum atomic E-state index is -0.304. The van der Waals surface area contributed by atoms with Crippen molar-refractivity contribution in [1.82, 2.24) is 9.55 Å². The van der Waals surface area contributed by atoms with Gasteiger partial charge in [0.15, 0.2) is 5.78 Å². The van der Waals surface area contributed by atoms with Gasteiger partial charge in [0.25, 0.3) is 0 Å². The number of hydrogen-bond acceptors (Lipinski definition) is 3. The first-order valence-electron chi connectivity index (χ1n) is 7.24. The van der Waals surface area contributed by atoms with E-state index >= 15 is 0 Å². The summed E-state index contributed by atoms with van der Waals surface area (Å²) in [6.45, 7) is 0. The molecule has 1 saturated carbocycles. The quantitative estimate of drug-likeness (QED) is 0.306. The summed E-state index contributed by atoms with van der Waals surface area (Å²) in [5, 5.41) is 2.12. The fourth-order valence-electron chi connectivity index (χ4n) is 3.29. The van der Waals surface area contributed by atoms with E-state index in [0.29, 0.717) is 12.8 Å². The molecule has 0 spiro atoms. The predicted molar refractivity (Wildman–Crippen MR) is 94.3 cm³/mol. The molecule has 1 aromatic carbocycles. The maximum atomic E-state index is 12.4. The van der Waals surface area contributed by atoms with E-state index < -0.39 is 0 Å². The molecule has 3 aromatic rings. The first kappa shape index (κ1) is 19.4. The minimum Gasteiger partial charge on any atom is -0.358 e. The molecular weight excluding hydrogens is 594 g/mol. The van der Waals surface area contributed by atoms with Crippen molar-refractivity contribution >= 4 is 49.4 Å². The van der Waals surface area contributed by atoms with Crippen molar-refractivity contribution in [3.63, 3.8) is 0 Å². The molecule has 0 bridgehead atoms. The van der Waals surface area contributed by atoms with Gasteiger partial charge in [-0.3, -0.25) is 9.59 Å². The molecule has 2 heterocycles. The predicted octanol–water partition coefficient (Wildman–Crippen LogP) is 4.27. The Bertz CT molecular complexity index is 935. The van der Waals surface area contributed by atoms with Crippen LogP contribution in [0.25, 0.3) is 21.9 Å². The number of pyridine rings is 1. The molecule has 4 rings (SSSR count). The van der Waals surface area contributed by atoms with Crippen molar-refractivity contribution in [2.24, 2.45) is 0 Å². The third-order valence-corrected chi connectivity index (χ3v) is 4.77. The summed E-state index contributed by atoms with van der Waals surface area (Å²) < 4.78 is 2.97. The van der Waals surface area contributed by atoms with Crippen molar-refractivity contribution in [3.05, 3.63) is 48.4 Å². The third-order valence-electron chi connectivity index (χ3n) is 4.28. The van der Waals surface area contributed by atoms with Crippen LogP contribution < -0.4 is 0 Å². The fraction of sp³-hybridized carbons (Fsp3) is 0.222. The second-order valence-corrected chi connectivity index (χ2v) is 6.56. The molecule has 4 nitrogen and oxygen atoms in total. The zero-order valence-corrected chi connectivity index (χ0v) is 19.0. The van der Waals surface area contributed by atoms with Gasteiger partial charge < -0.3 is 12.0 Å². The molecular formula is C18H16BrN2O2U-. The molecule has 1 aliphatic rings. The Balaban J connectivity index is 0.00000104. The topological polar surface area (TPSA) is 52.0 Å². The Kier molecular flexibility index (Phi) is 6.06. The molecule has 0 saturated heterocycles. The molecule has 122 valence electrons. The molecule has 24 heavy (non-hydrogen) atoms. The van der Waals surface area contributed by atoms with Crippen LogP contribution in [0, 0.1) is 38.5 Å². The Labute approximate surface area is 172 Å². The Hall–Kier alpha value is -0.958. The van der Waals surface area contributed by atoms with Crippen molar-refractivity contribution in [1.29, 1.82) is 0 Å². The maximum Gasteiger partial charge on any atom is 0.163 e. The number of halogens is 1. The number of fused-ring (bicyclic) bond motifs is 3. The number of aromatic nitrogens is 2. The van der Waals surface area contributed by atoms with Crippen LogP contribution >= 0.6 is 15.9 Å². The van der Waals surface area contributed by atoms with Gasteiger partial charge in [-0.15, -0.1) is 0 Å². The smallest absolute Gasteiger partial charge is 0.163 e. The normalized spacial score (nSPS) is 17.6. The van der Waals surface area contributed by atoms with E-state index in [1.807, 2.05) is 34.9 Å². The van der Waals surface area contributed by atoms with Gasteiger partial charge in [0.2, 0.25) is 0 Å². The van der Waals surface area contributed by atoms with Gasteiger partial charge in [0, 0.05) is 59.0 Å². The average Bonchev–Trinajstić information content (AvgIpc) is 2.81. The van der Waals surface area contributed by atoms with Gasteiger partial charge in [0.1, 0.15) is 11.4 Å². The van der Waals surface area contributed by atoms with Crippen molar-refractivity contribution in [2.45, 2.75) is 25.3 Å². The largest absolute Gasteiger partial charge is 0.358 e. The Morgan fingerprint density at radius 3 is 2.71 bits per heavy atom.